The van der Waals surface area contributed by atoms with Gasteiger partial charge in [-0.05, 0) is 31.4 Å². The van der Waals surface area contributed by atoms with Crippen molar-refractivity contribution in [3.63, 3.8) is 0 Å². The molecule has 0 radical (unpaired) electrons. The van der Waals surface area contributed by atoms with Gasteiger partial charge in [0.15, 0.2) is 5.75 Å². The number of ether oxygens (including phenoxy) is 1. The number of nitro groups is 1. The molecule has 5 nitrogen and oxygen atoms in total. The van der Waals surface area contributed by atoms with Crippen LogP contribution in [0.4, 0.5) is 5.69 Å². The number of carbonyl (C=O) groups excluding carboxylic acids is 1. The molecular formula is C11H11NO4. The van der Waals surface area contributed by atoms with Gasteiger partial charge in [-0.25, -0.2) is 0 Å². The van der Waals surface area contributed by atoms with Gasteiger partial charge >= 0.3 is 5.69 Å². The number of nitrogens with zero attached hydrogens (tertiary/aromatic N) is 1. The lowest BCUT2D eigenvalue weighted by Crippen LogP contribution is -2.02. The highest BCUT2D eigenvalue weighted by atomic mass is 16.6. The fourth-order valence-corrected chi connectivity index (χ4v) is 1.42. The largest absolute Gasteiger partial charge is 0.483 e. The molecule has 0 aromatic heterocycles. The van der Waals surface area contributed by atoms with E-state index in [-0.39, 0.29) is 17.5 Å². The van der Waals surface area contributed by atoms with E-state index in [0.717, 1.165) is 12.8 Å². The van der Waals surface area contributed by atoms with Crippen molar-refractivity contribution in [3.8, 4) is 5.75 Å². The Morgan fingerprint density at radius 3 is 2.69 bits per heavy atom. The molecule has 1 fully saturated rings. The normalized spacial score (nSPS) is 14.6. The third kappa shape index (κ3) is 2.03. The van der Waals surface area contributed by atoms with E-state index in [0.29, 0.717) is 17.4 Å². The highest BCUT2D eigenvalue weighted by Gasteiger charge is 2.27. The smallest absolute Gasteiger partial charge is 0.311 e. The average Bonchev–Trinajstić information content (AvgIpc) is 3.03. The molecule has 1 aromatic carbocycles. The van der Waals surface area contributed by atoms with Crippen LogP contribution in [0.1, 0.15) is 28.8 Å². The minimum absolute atomic E-state index is 0.0703. The molecule has 0 heterocycles. The Morgan fingerprint density at radius 2 is 2.19 bits per heavy atom. The molecular weight excluding hydrogens is 210 g/mol. The second-order valence-corrected chi connectivity index (χ2v) is 3.87. The summed E-state index contributed by atoms with van der Waals surface area (Å²) in [6, 6.07) is 2.82. The Bertz CT molecular complexity index is 452. The SMILES string of the molecule is Cc1cc([N+](=O)[O-])c(OC2CC2)cc1C=O. The maximum Gasteiger partial charge on any atom is 0.311 e. The molecule has 2 rings (SSSR count). The summed E-state index contributed by atoms with van der Waals surface area (Å²) in [5, 5.41) is 10.8. The summed E-state index contributed by atoms with van der Waals surface area (Å²) in [4.78, 5) is 21.1. The average molecular weight is 221 g/mol. The predicted molar refractivity (Wildman–Crippen MR) is 56.9 cm³/mol. The molecule has 1 aliphatic carbocycles. The van der Waals surface area contributed by atoms with E-state index in [1.165, 1.54) is 12.1 Å². The van der Waals surface area contributed by atoms with E-state index >= 15 is 0 Å². The van der Waals surface area contributed by atoms with Crippen LogP contribution in [0.25, 0.3) is 0 Å². The van der Waals surface area contributed by atoms with Gasteiger partial charge < -0.3 is 4.74 Å². The summed E-state index contributed by atoms with van der Waals surface area (Å²) in [6.45, 7) is 1.66. The molecule has 1 aromatic rings. The molecule has 5 heteroatoms. The summed E-state index contributed by atoms with van der Waals surface area (Å²) in [5.41, 5.74) is 0.945. The lowest BCUT2D eigenvalue weighted by Gasteiger charge is -2.07. The van der Waals surface area contributed by atoms with E-state index in [2.05, 4.69) is 0 Å². The van der Waals surface area contributed by atoms with Crippen molar-refractivity contribution in [2.75, 3.05) is 0 Å². The Labute approximate surface area is 92.2 Å². The van der Waals surface area contributed by atoms with Gasteiger partial charge in [-0.1, -0.05) is 0 Å². The first-order valence-electron chi connectivity index (χ1n) is 5.02. The molecule has 0 spiro atoms. The van der Waals surface area contributed by atoms with Crippen molar-refractivity contribution in [2.45, 2.75) is 25.9 Å². The van der Waals surface area contributed by atoms with Crippen molar-refractivity contribution in [1.29, 1.82) is 0 Å². The highest BCUT2D eigenvalue weighted by Crippen LogP contribution is 2.35. The van der Waals surface area contributed by atoms with Crippen LogP contribution in [0.5, 0.6) is 5.75 Å². The topological polar surface area (TPSA) is 69.4 Å². The number of rotatable bonds is 4. The molecule has 0 saturated heterocycles. The van der Waals surface area contributed by atoms with E-state index in [4.69, 9.17) is 4.74 Å². The number of carbonyl (C=O) groups is 1. The van der Waals surface area contributed by atoms with Gasteiger partial charge in [-0.3, -0.25) is 14.9 Å². The number of aryl methyl sites for hydroxylation is 1. The van der Waals surface area contributed by atoms with Gasteiger partial charge in [0, 0.05) is 11.6 Å². The standard InChI is InChI=1S/C11H11NO4/c1-7-4-10(12(14)15)11(5-8(7)6-13)16-9-2-3-9/h4-6,9H,2-3H2,1H3. The van der Waals surface area contributed by atoms with Crippen LogP contribution in [-0.2, 0) is 0 Å². The minimum Gasteiger partial charge on any atom is -0.483 e. The van der Waals surface area contributed by atoms with Crippen LogP contribution in [0.15, 0.2) is 12.1 Å². The molecule has 0 aliphatic heterocycles. The molecule has 0 unspecified atom stereocenters. The Balaban J connectivity index is 2.43. The first-order chi connectivity index (χ1) is 7.61. The number of nitro benzene ring substituents is 1. The molecule has 0 amide bonds. The molecule has 84 valence electrons. The van der Waals surface area contributed by atoms with E-state index in [9.17, 15) is 14.9 Å². The fraction of sp³-hybridized carbons (Fsp3) is 0.364. The summed E-state index contributed by atoms with van der Waals surface area (Å²) < 4.78 is 5.41. The van der Waals surface area contributed by atoms with Crippen molar-refractivity contribution < 1.29 is 14.5 Å². The van der Waals surface area contributed by atoms with E-state index in [1.54, 1.807) is 6.92 Å². The molecule has 1 saturated carbocycles. The highest BCUT2D eigenvalue weighted by molar-refractivity contribution is 5.79. The van der Waals surface area contributed by atoms with Crippen molar-refractivity contribution >= 4 is 12.0 Å². The van der Waals surface area contributed by atoms with Crippen LogP contribution in [-0.4, -0.2) is 17.3 Å². The Kier molecular flexibility index (Phi) is 2.60. The predicted octanol–water partition coefficient (Wildman–Crippen LogP) is 2.26. The lowest BCUT2D eigenvalue weighted by atomic mass is 10.1. The first kappa shape index (κ1) is 10.6. The zero-order valence-electron chi connectivity index (χ0n) is 8.80. The fourth-order valence-electron chi connectivity index (χ4n) is 1.42. The number of benzene rings is 1. The van der Waals surface area contributed by atoms with E-state index < -0.39 is 4.92 Å². The summed E-state index contributed by atoms with van der Waals surface area (Å²) in [7, 11) is 0. The van der Waals surface area contributed by atoms with Gasteiger partial charge in [0.25, 0.3) is 0 Å². The van der Waals surface area contributed by atoms with Crippen LogP contribution < -0.4 is 4.74 Å². The molecule has 1 aliphatic rings. The second-order valence-electron chi connectivity index (χ2n) is 3.87. The van der Waals surface area contributed by atoms with Crippen LogP contribution in [0.2, 0.25) is 0 Å². The maximum absolute atomic E-state index is 10.8. The number of aldehydes is 1. The maximum atomic E-state index is 10.8. The third-order valence-electron chi connectivity index (χ3n) is 2.49. The number of hydrogen-bond acceptors (Lipinski definition) is 4. The molecule has 0 N–H and O–H groups in total. The summed E-state index contributed by atoms with van der Waals surface area (Å²) >= 11 is 0. The van der Waals surface area contributed by atoms with Crippen molar-refractivity contribution in [1.82, 2.24) is 0 Å². The van der Waals surface area contributed by atoms with Gasteiger partial charge in [-0.2, -0.15) is 0 Å². The van der Waals surface area contributed by atoms with Crippen LogP contribution >= 0.6 is 0 Å². The number of hydrogen-bond donors (Lipinski definition) is 0. The first-order valence-corrected chi connectivity index (χ1v) is 5.02. The van der Waals surface area contributed by atoms with Crippen LogP contribution in [0, 0.1) is 17.0 Å². The summed E-state index contributed by atoms with van der Waals surface area (Å²) in [6.07, 6.45) is 2.59. The minimum atomic E-state index is -0.487. The van der Waals surface area contributed by atoms with Gasteiger partial charge in [0.1, 0.15) is 6.29 Å². The molecule has 0 bridgehead atoms. The second kappa shape index (κ2) is 3.92. The Hall–Kier alpha value is -1.91. The quantitative estimate of drug-likeness (QED) is 0.444. The monoisotopic (exact) mass is 221 g/mol. The zero-order chi connectivity index (χ0) is 11.7. The lowest BCUT2D eigenvalue weighted by molar-refractivity contribution is -0.386. The van der Waals surface area contributed by atoms with Gasteiger partial charge in [0.2, 0.25) is 0 Å². The third-order valence-corrected chi connectivity index (χ3v) is 2.49. The van der Waals surface area contributed by atoms with E-state index in [1.807, 2.05) is 0 Å². The van der Waals surface area contributed by atoms with Crippen LogP contribution in [0.3, 0.4) is 0 Å². The summed E-state index contributed by atoms with van der Waals surface area (Å²) in [5.74, 6) is 0.195. The van der Waals surface area contributed by atoms with Crippen molar-refractivity contribution in [2.24, 2.45) is 0 Å². The molecule has 16 heavy (non-hydrogen) atoms. The van der Waals surface area contributed by atoms with Gasteiger partial charge in [0.05, 0.1) is 11.0 Å². The van der Waals surface area contributed by atoms with Gasteiger partial charge in [-0.15, -0.1) is 0 Å². The molecule has 0 atom stereocenters. The Morgan fingerprint density at radius 1 is 1.50 bits per heavy atom. The zero-order valence-corrected chi connectivity index (χ0v) is 8.80. The van der Waals surface area contributed by atoms with Crippen molar-refractivity contribution in [3.05, 3.63) is 33.4 Å².